The van der Waals surface area contributed by atoms with E-state index in [9.17, 15) is 5.11 Å². The van der Waals surface area contributed by atoms with Gasteiger partial charge in [0.25, 0.3) is 0 Å². The number of aliphatic hydroxyl groups is 1. The van der Waals surface area contributed by atoms with Gasteiger partial charge in [-0.1, -0.05) is 0 Å². The van der Waals surface area contributed by atoms with Crippen molar-refractivity contribution in [2.24, 2.45) is 0 Å². The molecule has 0 aliphatic carbocycles. The van der Waals surface area contributed by atoms with Gasteiger partial charge in [0.05, 0.1) is 17.4 Å². The molecule has 1 unspecified atom stereocenters. The molecule has 1 saturated heterocycles. The van der Waals surface area contributed by atoms with E-state index in [-0.39, 0.29) is 0 Å². The maximum atomic E-state index is 9.82. The Labute approximate surface area is 88.0 Å². The average Bonchev–Trinajstić information content (AvgIpc) is 2.59. The van der Waals surface area contributed by atoms with Crippen molar-refractivity contribution >= 4 is 5.82 Å². The van der Waals surface area contributed by atoms with E-state index >= 15 is 0 Å². The van der Waals surface area contributed by atoms with E-state index in [0.717, 1.165) is 0 Å². The minimum absolute atomic E-state index is 0.500. The Kier molecular flexibility index (Phi) is 2.29. The highest BCUT2D eigenvalue weighted by Crippen LogP contribution is 2.26. The fraction of sp³-hybridized carbons (Fsp3) is 0.500. The van der Waals surface area contributed by atoms with Crippen LogP contribution in [0.3, 0.4) is 0 Å². The Morgan fingerprint density at radius 3 is 3.07 bits per heavy atom. The smallest absolute Gasteiger partial charge is 0.169 e. The van der Waals surface area contributed by atoms with Crippen LogP contribution in [0.4, 0.5) is 5.82 Å². The lowest BCUT2D eigenvalue weighted by molar-refractivity contribution is 0.0839. The highest BCUT2D eigenvalue weighted by Gasteiger charge is 2.33. The summed E-state index contributed by atoms with van der Waals surface area (Å²) in [6.07, 6.45) is 2.19. The van der Waals surface area contributed by atoms with Gasteiger partial charge < -0.3 is 10.0 Å². The second kappa shape index (κ2) is 3.48. The van der Waals surface area contributed by atoms with Crippen LogP contribution in [-0.2, 0) is 0 Å². The predicted octanol–water partition coefficient (Wildman–Crippen LogP) is 0.309. The molecule has 1 N–H and O–H groups in total. The molecule has 2 heterocycles. The fourth-order valence-corrected chi connectivity index (χ4v) is 1.77. The molecular weight excluding hydrogens is 192 g/mol. The van der Waals surface area contributed by atoms with Crippen LogP contribution in [0.15, 0.2) is 12.3 Å². The molecule has 5 heteroatoms. The van der Waals surface area contributed by atoms with Crippen molar-refractivity contribution in [2.75, 3.05) is 18.0 Å². The molecule has 0 spiro atoms. The van der Waals surface area contributed by atoms with Crippen LogP contribution in [0.2, 0.25) is 0 Å². The fourth-order valence-electron chi connectivity index (χ4n) is 1.77. The van der Waals surface area contributed by atoms with Gasteiger partial charge in [-0.25, -0.2) is 0 Å². The molecular formula is C10H12N4O. The molecule has 1 aromatic rings. The van der Waals surface area contributed by atoms with Gasteiger partial charge in [0.2, 0.25) is 0 Å². The van der Waals surface area contributed by atoms with Gasteiger partial charge in [-0.15, -0.1) is 5.10 Å². The molecule has 15 heavy (non-hydrogen) atoms. The summed E-state index contributed by atoms with van der Waals surface area (Å²) in [5.74, 6) is 0.567. The number of aromatic nitrogens is 2. The van der Waals surface area contributed by atoms with Crippen LogP contribution in [0.5, 0.6) is 0 Å². The maximum Gasteiger partial charge on any atom is 0.169 e. The van der Waals surface area contributed by atoms with Crippen LogP contribution in [0, 0.1) is 11.3 Å². The molecule has 0 bridgehead atoms. The predicted molar refractivity (Wildman–Crippen MR) is 54.2 cm³/mol. The zero-order valence-electron chi connectivity index (χ0n) is 8.51. The van der Waals surface area contributed by atoms with E-state index in [2.05, 4.69) is 16.3 Å². The third-order valence-corrected chi connectivity index (χ3v) is 2.57. The van der Waals surface area contributed by atoms with Crippen LogP contribution >= 0.6 is 0 Å². The first-order chi connectivity index (χ1) is 7.12. The van der Waals surface area contributed by atoms with Crippen LogP contribution in [0.25, 0.3) is 0 Å². The van der Waals surface area contributed by atoms with Gasteiger partial charge in [-0.2, -0.15) is 10.4 Å². The summed E-state index contributed by atoms with van der Waals surface area (Å²) in [4.78, 5) is 1.89. The van der Waals surface area contributed by atoms with Gasteiger partial charge in [0, 0.05) is 13.1 Å². The summed E-state index contributed by atoms with van der Waals surface area (Å²) < 4.78 is 0. The molecule has 1 aliphatic rings. The quantitative estimate of drug-likeness (QED) is 0.712. The normalized spacial score (nSPS) is 25.3. The molecule has 1 atom stereocenters. The van der Waals surface area contributed by atoms with Gasteiger partial charge >= 0.3 is 0 Å². The summed E-state index contributed by atoms with van der Waals surface area (Å²) in [6.45, 7) is 3.00. The summed E-state index contributed by atoms with van der Waals surface area (Å²) in [6, 6.07) is 3.71. The van der Waals surface area contributed by atoms with E-state index < -0.39 is 5.60 Å². The van der Waals surface area contributed by atoms with Crippen molar-refractivity contribution < 1.29 is 5.11 Å². The van der Waals surface area contributed by atoms with E-state index in [1.54, 1.807) is 13.0 Å². The lowest BCUT2D eigenvalue weighted by atomic mass is 10.1. The molecule has 78 valence electrons. The molecule has 2 rings (SSSR count). The summed E-state index contributed by atoms with van der Waals surface area (Å²) in [5.41, 5.74) is -0.188. The Balaban J connectivity index is 2.28. The first-order valence-corrected chi connectivity index (χ1v) is 4.81. The average molecular weight is 204 g/mol. The number of β-amino-alcohol motifs (C(OH)–C–C–N with tert-alkyl or cyclic N) is 1. The molecule has 5 nitrogen and oxygen atoms in total. The third-order valence-electron chi connectivity index (χ3n) is 2.57. The van der Waals surface area contributed by atoms with Crippen molar-refractivity contribution in [2.45, 2.75) is 18.9 Å². The summed E-state index contributed by atoms with van der Waals surface area (Å²) >= 11 is 0. The van der Waals surface area contributed by atoms with Crippen LogP contribution in [0.1, 0.15) is 18.9 Å². The Hall–Kier alpha value is -1.67. The van der Waals surface area contributed by atoms with E-state index in [0.29, 0.717) is 30.9 Å². The SMILES string of the molecule is CC1(O)CCN(c2nnccc2C#N)C1. The zero-order chi connectivity index (χ0) is 10.9. The second-order valence-electron chi connectivity index (χ2n) is 4.05. The molecule has 1 fully saturated rings. The zero-order valence-corrected chi connectivity index (χ0v) is 8.51. The molecule has 1 aromatic heterocycles. The molecule has 0 aromatic carbocycles. The molecule has 0 amide bonds. The standard InChI is InChI=1S/C10H12N4O/c1-10(15)3-5-14(7-10)9-8(6-11)2-4-12-13-9/h2,4,15H,3,5,7H2,1H3. The minimum Gasteiger partial charge on any atom is -0.388 e. The van der Waals surface area contributed by atoms with Crippen molar-refractivity contribution in [3.63, 3.8) is 0 Å². The van der Waals surface area contributed by atoms with Gasteiger partial charge in [-0.3, -0.25) is 0 Å². The minimum atomic E-state index is -0.690. The van der Waals surface area contributed by atoms with Gasteiger partial charge in [0.1, 0.15) is 6.07 Å². The lowest BCUT2D eigenvalue weighted by Crippen LogP contribution is -2.30. The van der Waals surface area contributed by atoms with E-state index in [1.165, 1.54) is 6.20 Å². The molecule has 1 aliphatic heterocycles. The van der Waals surface area contributed by atoms with Crippen molar-refractivity contribution in [3.8, 4) is 6.07 Å². The molecule has 0 saturated carbocycles. The number of nitrogens with zero attached hydrogens (tertiary/aromatic N) is 4. The molecule has 0 radical (unpaired) electrons. The van der Waals surface area contributed by atoms with Crippen LogP contribution in [-0.4, -0.2) is 34.0 Å². The van der Waals surface area contributed by atoms with E-state index in [4.69, 9.17) is 5.26 Å². The topological polar surface area (TPSA) is 73.0 Å². The number of nitriles is 1. The van der Waals surface area contributed by atoms with Crippen molar-refractivity contribution in [1.82, 2.24) is 10.2 Å². The second-order valence-corrected chi connectivity index (χ2v) is 4.05. The Morgan fingerprint density at radius 1 is 1.67 bits per heavy atom. The Bertz CT molecular complexity index is 410. The lowest BCUT2D eigenvalue weighted by Gasteiger charge is -2.19. The number of hydrogen-bond donors (Lipinski definition) is 1. The van der Waals surface area contributed by atoms with Crippen molar-refractivity contribution in [1.29, 1.82) is 5.26 Å². The van der Waals surface area contributed by atoms with Crippen LogP contribution < -0.4 is 4.90 Å². The van der Waals surface area contributed by atoms with E-state index in [1.807, 2.05) is 4.90 Å². The highest BCUT2D eigenvalue weighted by atomic mass is 16.3. The first-order valence-electron chi connectivity index (χ1n) is 4.81. The van der Waals surface area contributed by atoms with Crippen molar-refractivity contribution in [3.05, 3.63) is 17.8 Å². The number of hydrogen-bond acceptors (Lipinski definition) is 5. The summed E-state index contributed by atoms with van der Waals surface area (Å²) in [7, 11) is 0. The first kappa shape index (κ1) is 9.87. The number of rotatable bonds is 1. The third kappa shape index (κ3) is 1.90. The van der Waals surface area contributed by atoms with Gasteiger partial charge in [-0.05, 0) is 19.4 Å². The van der Waals surface area contributed by atoms with Gasteiger partial charge in [0.15, 0.2) is 5.82 Å². The number of anilines is 1. The maximum absolute atomic E-state index is 9.82. The highest BCUT2D eigenvalue weighted by molar-refractivity contribution is 5.53. The monoisotopic (exact) mass is 204 g/mol. The largest absolute Gasteiger partial charge is 0.388 e. The Morgan fingerprint density at radius 2 is 2.47 bits per heavy atom. The summed E-state index contributed by atoms with van der Waals surface area (Å²) in [5, 5.41) is 26.4.